The van der Waals surface area contributed by atoms with Crippen molar-refractivity contribution in [3.05, 3.63) is 58.5 Å². The molecular weight excluding hydrogens is 384 g/mol. The molecule has 3 aromatic heterocycles. The monoisotopic (exact) mass is 410 g/mol. The summed E-state index contributed by atoms with van der Waals surface area (Å²) in [6.45, 7) is 8.89. The highest BCUT2D eigenvalue weighted by Crippen LogP contribution is 2.48. The smallest absolute Gasteiger partial charge is 0.289 e. The van der Waals surface area contributed by atoms with Gasteiger partial charge in [0.2, 0.25) is 0 Å². The zero-order chi connectivity index (χ0) is 21.0. The molecule has 0 N–H and O–H groups in total. The van der Waals surface area contributed by atoms with E-state index in [-0.39, 0.29) is 17.2 Å². The molecule has 1 spiro atoms. The number of amides is 1. The molecule has 158 valence electrons. The number of likely N-dealkylation sites (tertiary alicyclic amines) is 2. The Morgan fingerprint density at radius 1 is 1.20 bits per heavy atom. The van der Waals surface area contributed by atoms with Crippen molar-refractivity contribution in [2.24, 2.45) is 5.41 Å². The molecular formula is C22H26N4O4. The van der Waals surface area contributed by atoms with Gasteiger partial charge >= 0.3 is 0 Å². The molecule has 0 aromatic carbocycles. The lowest BCUT2D eigenvalue weighted by Crippen LogP contribution is -2.61. The zero-order valence-corrected chi connectivity index (χ0v) is 17.8. The van der Waals surface area contributed by atoms with E-state index in [2.05, 4.69) is 22.1 Å². The van der Waals surface area contributed by atoms with Crippen LogP contribution in [0.3, 0.4) is 0 Å². The predicted octanol–water partition coefficient (Wildman–Crippen LogP) is 2.94. The van der Waals surface area contributed by atoms with Crippen LogP contribution in [0.1, 0.15) is 50.9 Å². The van der Waals surface area contributed by atoms with Crippen molar-refractivity contribution in [3.8, 4) is 0 Å². The minimum atomic E-state index is -0.0671. The Balaban J connectivity index is 1.28. The van der Waals surface area contributed by atoms with Gasteiger partial charge in [0.15, 0.2) is 11.7 Å². The summed E-state index contributed by atoms with van der Waals surface area (Å²) in [5, 5.41) is 3.98. The summed E-state index contributed by atoms with van der Waals surface area (Å²) in [4.78, 5) is 21.6. The third-order valence-electron chi connectivity index (χ3n) is 6.46. The Kier molecular flexibility index (Phi) is 4.36. The maximum atomic E-state index is 13.0. The molecule has 8 nitrogen and oxygen atoms in total. The van der Waals surface area contributed by atoms with Crippen LogP contribution in [-0.4, -0.2) is 59.1 Å². The van der Waals surface area contributed by atoms with Crippen molar-refractivity contribution >= 4 is 5.91 Å². The lowest BCUT2D eigenvalue weighted by atomic mass is 9.71. The Labute approximate surface area is 174 Å². The number of nitrogens with zero attached hydrogens (tertiary/aromatic N) is 4. The standard InChI is InChI=1S/C22H26N4O4/c1-13-8-23-20(28-13)18-9-25(4)10-22(18)11-26(12-22)21(27)19-6-5-16(29-19)7-17-14(2)24-30-15(17)3/h5-6,8,18H,7,9-12H2,1-4H3. The summed E-state index contributed by atoms with van der Waals surface area (Å²) in [6.07, 6.45) is 2.33. The molecule has 0 bridgehead atoms. The van der Waals surface area contributed by atoms with Crippen LogP contribution in [0.5, 0.6) is 0 Å². The van der Waals surface area contributed by atoms with Gasteiger partial charge in [-0.25, -0.2) is 4.98 Å². The van der Waals surface area contributed by atoms with Crippen LogP contribution >= 0.6 is 0 Å². The summed E-state index contributed by atoms with van der Waals surface area (Å²) < 4.78 is 16.9. The van der Waals surface area contributed by atoms with Gasteiger partial charge in [0.1, 0.15) is 17.3 Å². The summed E-state index contributed by atoms with van der Waals surface area (Å²) in [6, 6.07) is 3.62. The van der Waals surface area contributed by atoms with Gasteiger partial charge < -0.3 is 23.2 Å². The molecule has 2 saturated heterocycles. The third-order valence-corrected chi connectivity index (χ3v) is 6.46. The topological polar surface area (TPSA) is 88.8 Å². The first kappa shape index (κ1) is 19.1. The fourth-order valence-electron chi connectivity index (χ4n) is 4.94. The number of oxazole rings is 1. The number of carbonyl (C=O) groups is 1. The molecule has 0 saturated carbocycles. The van der Waals surface area contributed by atoms with Crippen LogP contribution in [0.2, 0.25) is 0 Å². The maximum absolute atomic E-state index is 13.0. The molecule has 1 unspecified atom stereocenters. The molecule has 0 aliphatic carbocycles. The van der Waals surface area contributed by atoms with E-state index in [1.54, 1.807) is 12.3 Å². The maximum Gasteiger partial charge on any atom is 0.289 e. The van der Waals surface area contributed by atoms with Gasteiger partial charge in [-0.1, -0.05) is 5.16 Å². The van der Waals surface area contributed by atoms with Crippen LogP contribution in [0.4, 0.5) is 0 Å². The van der Waals surface area contributed by atoms with Crippen molar-refractivity contribution in [1.29, 1.82) is 0 Å². The Morgan fingerprint density at radius 3 is 2.67 bits per heavy atom. The summed E-state index contributed by atoms with van der Waals surface area (Å²) in [5.74, 6) is 3.62. The van der Waals surface area contributed by atoms with Gasteiger partial charge in [-0.05, 0) is 40.0 Å². The van der Waals surface area contributed by atoms with Gasteiger partial charge in [-0.3, -0.25) is 4.79 Å². The Morgan fingerprint density at radius 2 is 2.00 bits per heavy atom. The molecule has 3 aromatic rings. The molecule has 0 radical (unpaired) electrons. The summed E-state index contributed by atoms with van der Waals surface area (Å²) in [7, 11) is 2.11. The van der Waals surface area contributed by atoms with E-state index in [9.17, 15) is 4.79 Å². The SMILES string of the molecule is Cc1cnc(C2CN(C)CC23CN(C(=O)c2ccc(Cc4c(C)noc4C)o2)C3)o1. The van der Waals surface area contributed by atoms with E-state index in [4.69, 9.17) is 13.4 Å². The van der Waals surface area contributed by atoms with Crippen LogP contribution in [0.15, 0.2) is 31.7 Å². The van der Waals surface area contributed by atoms with Gasteiger partial charge in [0.25, 0.3) is 5.91 Å². The first-order valence-electron chi connectivity index (χ1n) is 10.3. The van der Waals surface area contributed by atoms with Crippen LogP contribution in [0.25, 0.3) is 0 Å². The number of furan rings is 1. The van der Waals surface area contributed by atoms with E-state index >= 15 is 0 Å². The van der Waals surface area contributed by atoms with Gasteiger partial charge in [-0.15, -0.1) is 0 Å². The van der Waals surface area contributed by atoms with E-state index in [0.717, 1.165) is 47.5 Å². The molecule has 30 heavy (non-hydrogen) atoms. The largest absolute Gasteiger partial charge is 0.456 e. The number of hydrogen-bond donors (Lipinski definition) is 0. The minimum absolute atomic E-state index is 0.00614. The molecule has 2 fully saturated rings. The highest BCUT2D eigenvalue weighted by molar-refractivity contribution is 5.92. The highest BCUT2D eigenvalue weighted by Gasteiger charge is 2.57. The Bertz CT molecular complexity index is 1070. The first-order valence-corrected chi connectivity index (χ1v) is 10.3. The van der Waals surface area contributed by atoms with Crippen molar-refractivity contribution in [1.82, 2.24) is 19.9 Å². The number of rotatable bonds is 4. The molecule has 8 heteroatoms. The lowest BCUT2D eigenvalue weighted by molar-refractivity contribution is -0.00172. The van der Waals surface area contributed by atoms with Crippen molar-refractivity contribution in [2.45, 2.75) is 33.1 Å². The van der Waals surface area contributed by atoms with E-state index < -0.39 is 0 Å². The zero-order valence-electron chi connectivity index (χ0n) is 17.8. The van der Waals surface area contributed by atoms with Crippen LogP contribution in [0, 0.1) is 26.2 Å². The quantitative estimate of drug-likeness (QED) is 0.653. The predicted molar refractivity (Wildman–Crippen MR) is 107 cm³/mol. The third kappa shape index (κ3) is 3.06. The molecule has 2 aliphatic rings. The first-order chi connectivity index (χ1) is 14.3. The number of carbonyl (C=O) groups excluding carboxylic acids is 1. The van der Waals surface area contributed by atoms with Crippen molar-refractivity contribution < 1.29 is 18.2 Å². The summed E-state index contributed by atoms with van der Waals surface area (Å²) in [5.41, 5.74) is 1.84. The second-order valence-corrected chi connectivity index (χ2v) is 8.83. The molecule has 5 rings (SSSR count). The van der Waals surface area contributed by atoms with E-state index in [1.807, 2.05) is 31.7 Å². The van der Waals surface area contributed by atoms with Crippen LogP contribution in [-0.2, 0) is 6.42 Å². The van der Waals surface area contributed by atoms with E-state index in [0.29, 0.717) is 25.3 Å². The number of hydrogen-bond acceptors (Lipinski definition) is 7. The second kappa shape index (κ2) is 6.84. The van der Waals surface area contributed by atoms with Gasteiger partial charge in [0.05, 0.1) is 17.8 Å². The molecule has 1 amide bonds. The fraction of sp³-hybridized carbons (Fsp3) is 0.500. The van der Waals surface area contributed by atoms with Crippen molar-refractivity contribution in [2.75, 3.05) is 33.2 Å². The number of likely N-dealkylation sites (N-methyl/N-ethyl adjacent to an activating group) is 1. The Hall–Kier alpha value is -2.87. The lowest BCUT2D eigenvalue weighted by Gasteiger charge is -2.50. The van der Waals surface area contributed by atoms with Crippen molar-refractivity contribution in [3.63, 3.8) is 0 Å². The number of aromatic nitrogens is 2. The van der Waals surface area contributed by atoms with Crippen LogP contribution < -0.4 is 0 Å². The average Bonchev–Trinajstić information content (AvgIpc) is 3.44. The van der Waals surface area contributed by atoms with Gasteiger partial charge in [0, 0.05) is 43.6 Å². The summed E-state index contributed by atoms with van der Waals surface area (Å²) >= 11 is 0. The molecule has 5 heterocycles. The highest BCUT2D eigenvalue weighted by atomic mass is 16.5. The molecule has 1 atom stereocenters. The molecule has 2 aliphatic heterocycles. The normalized spacial score (nSPS) is 20.8. The number of aryl methyl sites for hydroxylation is 3. The minimum Gasteiger partial charge on any atom is -0.456 e. The van der Waals surface area contributed by atoms with E-state index in [1.165, 1.54) is 0 Å². The average molecular weight is 410 g/mol. The second-order valence-electron chi connectivity index (χ2n) is 8.83. The fourth-order valence-corrected chi connectivity index (χ4v) is 4.94. The van der Waals surface area contributed by atoms with Gasteiger partial charge in [-0.2, -0.15) is 0 Å².